The summed E-state index contributed by atoms with van der Waals surface area (Å²) in [7, 11) is 0. The van der Waals surface area contributed by atoms with Crippen LogP contribution in [-0.4, -0.2) is 47.4 Å². The second kappa shape index (κ2) is 6.00. The van der Waals surface area contributed by atoms with E-state index in [0.717, 1.165) is 46.8 Å². The Morgan fingerprint density at radius 1 is 1.08 bits per heavy atom. The number of hydrogen-bond acceptors (Lipinski definition) is 5. The molecule has 3 aliphatic heterocycles. The van der Waals surface area contributed by atoms with Crippen molar-refractivity contribution in [2.45, 2.75) is 25.7 Å². The molecular weight excluding hydrogens is 322 g/mol. The van der Waals surface area contributed by atoms with Crippen molar-refractivity contribution in [3.8, 4) is 0 Å². The third-order valence-electron chi connectivity index (χ3n) is 4.89. The smallest absolute Gasteiger partial charge is 0.277 e. The zero-order valence-electron chi connectivity index (χ0n) is 13.7. The van der Waals surface area contributed by atoms with Crippen molar-refractivity contribution in [1.29, 1.82) is 0 Å². The molecular formula is C18H19N3O4. The molecule has 4 rings (SSSR count). The second-order valence-electron chi connectivity index (χ2n) is 6.49. The Morgan fingerprint density at radius 3 is 2.60 bits per heavy atom. The number of nitrogens with one attached hydrogen (secondary N) is 1. The van der Waals surface area contributed by atoms with Crippen LogP contribution < -0.4 is 10.2 Å². The molecule has 1 aromatic rings. The Hall–Kier alpha value is -2.67. The molecule has 3 amide bonds. The molecule has 0 atom stereocenters. The summed E-state index contributed by atoms with van der Waals surface area (Å²) >= 11 is 0. The van der Waals surface area contributed by atoms with E-state index in [0.29, 0.717) is 12.8 Å². The molecule has 1 aromatic carbocycles. The van der Waals surface area contributed by atoms with E-state index < -0.39 is 11.8 Å². The van der Waals surface area contributed by atoms with Crippen molar-refractivity contribution >= 4 is 29.1 Å². The highest BCUT2D eigenvalue weighted by atomic mass is 16.3. The predicted octanol–water partition coefficient (Wildman–Crippen LogP) is 0.569. The number of imide groups is 1. The highest BCUT2D eigenvalue weighted by Gasteiger charge is 2.32. The number of amides is 3. The number of aliphatic hydroxyl groups is 1. The van der Waals surface area contributed by atoms with E-state index in [1.54, 1.807) is 0 Å². The number of β-amino-alcohol motifs (C(OH)–C–C–N with tert-alkyl or cyclic N) is 1. The lowest BCUT2D eigenvalue weighted by atomic mass is 9.91. The molecule has 0 spiro atoms. The molecule has 0 bridgehead atoms. The van der Waals surface area contributed by atoms with Gasteiger partial charge in [-0.15, -0.1) is 0 Å². The Labute approximate surface area is 144 Å². The maximum absolute atomic E-state index is 12.3. The standard InChI is InChI=1S/C18H19N3O4/c22-7-6-21-16(24)10-14(18(21)25)19-13-8-11-2-1-5-20-15(23)4-3-12(9-13)17(11)20/h8-10,19,22H,1-7H2. The Kier molecular flexibility index (Phi) is 3.80. The van der Waals surface area contributed by atoms with Crippen LogP contribution in [0.5, 0.6) is 0 Å². The van der Waals surface area contributed by atoms with Gasteiger partial charge in [-0.25, -0.2) is 0 Å². The zero-order valence-corrected chi connectivity index (χ0v) is 13.7. The summed E-state index contributed by atoms with van der Waals surface area (Å²) < 4.78 is 0. The van der Waals surface area contributed by atoms with Crippen LogP contribution >= 0.6 is 0 Å². The first-order chi connectivity index (χ1) is 12.1. The molecule has 0 unspecified atom stereocenters. The SMILES string of the molecule is O=C1C=C(Nc2cc3c4c(c2)CCC(=O)N4CCC3)C(=O)N1CCO. The molecule has 0 aliphatic carbocycles. The van der Waals surface area contributed by atoms with E-state index in [2.05, 4.69) is 5.32 Å². The molecule has 3 aliphatic rings. The summed E-state index contributed by atoms with van der Waals surface area (Å²) in [6, 6.07) is 3.91. The number of carbonyl (C=O) groups excluding carboxylic acids is 3. The first-order valence-electron chi connectivity index (χ1n) is 8.50. The number of hydrogen-bond donors (Lipinski definition) is 2. The lowest BCUT2D eigenvalue weighted by Gasteiger charge is -2.35. The molecule has 7 nitrogen and oxygen atoms in total. The van der Waals surface area contributed by atoms with Gasteiger partial charge in [0.05, 0.1) is 18.8 Å². The maximum atomic E-state index is 12.3. The van der Waals surface area contributed by atoms with E-state index >= 15 is 0 Å². The van der Waals surface area contributed by atoms with Gasteiger partial charge in [-0.2, -0.15) is 0 Å². The fraction of sp³-hybridized carbons (Fsp3) is 0.389. The van der Waals surface area contributed by atoms with E-state index in [4.69, 9.17) is 5.11 Å². The summed E-state index contributed by atoms with van der Waals surface area (Å²) in [5.74, 6) is -0.673. The van der Waals surface area contributed by atoms with Gasteiger partial charge < -0.3 is 15.3 Å². The summed E-state index contributed by atoms with van der Waals surface area (Å²) in [5.41, 5.74) is 4.19. The van der Waals surface area contributed by atoms with Gasteiger partial charge in [0.25, 0.3) is 11.8 Å². The average molecular weight is 341 g/mol. The number of aryl methyl sites for hydroxylation is 2. The molecule has 130 valence electrons. The van der Waals surface area contributed by atoms with Crippen LogP contribution in [0.15, 0.2) is 23.9 Å². The van der Waals surface area contributed by atoms with Crippen molar-refractivity contribution in [3.05, 3.63) is 35.0 Å². The van der Waals surface area contributed by atoms with Gasteiger partial charge in [0, 0.05) is 24.7 Å². The van der Waals surface area contributed by atoms with E-state index in [1.165, 1.54) is 6.08 Å². The summed E-state index contributed by atoms with van der Waals surface area (Å²) in [6.07, 6.45) is 4.27. The number of rotatable bonds is 4. The Bertz CT molecular complexity index is 798. The van der Waals surface area contributed by atoms with Crippen LogP contribution in [0.3, 0.4) is 0 Å². The number of carbonyl (C=O) groups is 3. The number of benzene rings is 1. The van der Waals surface area contributed by atoms with E-state index in [-0.39, 0.29) is 24.8 Å². The molecule has 2 N–H and O–H groups in total. The molecule has 0 fully saturated rings. The van der Waals surface area contributed by atoms with E-state index in [1.807, 2.05) is 17.0 Å². The van der Waals surface area contributed by atoms with Crippen LogP contribution in [-0.2, 0) is 27.2 Å². The van der Waals surface area contributed by atoms with Gasteiger partial charge in [0.2, 0.25) is 5.91 Å². The lowest BCUT2D eigenvalue weighted by Crippen LogP contribution is -2.39. The molecule has 0 saturated heterocycles. The third kappa shape index (κ3) is 2.60. The molecule has 0 radical (unpaired) electrons. The van der Waals surface area contributed by atoms with Crippen molar-refractivity contribution in [2.75, 3.05) is 29.9 Å². The Morgan fingerprint density at radius 2 is 1.84 bits per heavy atom. The Balaban J connectivity index is 1.63. The minimum atomic E-state index is -0.429. The van der Waals surface area contributed by atoms with Crippen LogP contribution in [0.1, 0.15) is 24.0 Å². The van der Waals surface area contributed by atoms with Crippen LogP contribution in [0.25, 0.3) is 0 Å². The predicted molar refractivity (Wildman–Crippen MR) is 90.9 cm³/mol. The molecule has 7 heteroatoms. The molecule has 3 heterocycles. The van der Waals surface area contributed by atoms with Crippen LogP contribution in [0, 0.1) is 0 Å². The molecule has 0 saturated carbocycles. The fourth-order valence-electron chi connectivity index (χ4n) is 3.79. The molecule has 0 aromatic heterocycles. The van der Waals surface area contributed by atoms with Crippen molar-refractivity contribution in [1.82, 2.24) is 4.90 Å². The zero-order chi connectivity index (χ0) is 17.6. The molecule has 25 heavy (non-hydrogen) atoms. The second-order valence-corrected chi connectivity index (χ2v) is 6.49. The normalized spacial score (nSPS) is 19.2. The first kappa shape index (κ1) is 15.8. The fourth-order valence-corrected chi connectivity index (χ4v) is 3.79. The summed E-state index contributed by atoms with van der Waals surface area (Å²) in [6.45, 7) is 0.497. The average Bonchev–Trinajstić information content (AvgIpc) is 2.86. The van der Waals surface area contributed by atoms with Gasteiger partial charge in [0.1, 0.15) is 5.70 Å². The van der Waals surface area contributed by atoms with Crippen molar-refractivity contribution in [3.63, 3.8) is 0 Å². The van der Waals surface area contributed by atoms with Gasteiger partial charge >= 0.3 is 0 Å². The van der Waals surface area contributed by atoms with Crippen molar-refractivity contribution in [2.24, 2.45) is 0 Å². The third-order valence-corrected chi connectivity index (χ3v) is 4.89. The number of aliphatic hydroxyl groups excluding tert-OH is 1. The van der Waals surface area contributed by atoms with Gasteiger partial charge in [-0.3, -0.25) is 19.3 Å². The highest BCUT2D eigenvalue weighted by molar-refractivity contribution is 6.17. The summed E-state index contributed by atoms with van der Waals surface area (Å²) in [4.78, 5) is 39.1. The first-order valence-corrected chi connectivity index (χ1v) is 8.50. The van der Waals surface area contributed by atoms with Crippen LogP contribution in [0.4, 0.5) is 11.4 Å². The lowest BCUT2D eigenvalue weighted by molar-refractivity contribution is -0.137. The minimum Gasteiger partial charge on any atom is -0.395 e. The van der Waals surface area contributed by atoms with Crippen molar-refractivity contribution < 1.29 is 19.5 Å². The topological polar surface area (TPSA) is 90.0 Å². The minimum absolute atomic E-state index is 0.00808. The van der Waals surface area contributed by atoms with Gasteiger partial charge in [-0.05, 0) is 42.5 Å². The number of anilines is 2. The quantitative estimate of drug-likeness (QED) is 0.782. The van der Waals surface area contributed by atoms with Gasteiger partial charge in [-0.1, -0.05) is 0 Å². The van der Waals surface area contributed by atoms with Crippen LogP contribution in [0.2, 0.25) is 0 Å². The van der Waals surface area contributed by atoms with Gasteiger partial charge in [0.15, 0.2) is 0 Å². The number of nitrogens with zero attached hydrogens (tertiary/aromatic N) is 2. The highest BCUT2D eigenvalue weighted by Crippen LogP contribution is 2.38. The maximum Gasteiger partial charge on any atom is 0.277 e. The summed E-state index contributed by atoms with van der Waals surface area (Å²) in [5, 5.41) is 12.0. The largest absolute Gasteiger partial charge is 0.395 e. The monoisotopic (exact) mass is 341 g/mol. The van der Waals surface area contributed by atoms with E-state index in [9.17, 15) is 14.4 Å².